The van der Waals surface area contributed by atoms with Crippen molar-refractivity contribution >= 4 is 29.3 Å². The van der Waals surface area contributed by atoms with E-state index in [0.29, 0.717) is 0 Å². The van der Waals surface area contributed by atoms with Crippen LogP contribution in [0.5, 0.6) is 0 Å². The Hall–Kier alpha value is -1.97. The number of rotatable bonds is 5. The highest BCUT2D eigenvalue weighted by Crippen LogP contribution is 2.32. The molecule has 3 rings (SSSR count). The van der Waals surface area contributed by atoms with E-state index in [9.17, 15) is 4.79 Å². The molecule has 23 heavy (non-hydrogen) atoms. The molecule has 0 heterocycles. The first kappa shape index (κ1) is 15.9. The maximum Gasteiger partial charge on any atom is 0.194 e. The van der Waals surface area contributed by atoms with Crippen LogP contribution < -0.4 is 0 Å². The Morgan fingerprint density at radius 1 is 0.739 bits per heavy atom. The molecular weight excluding hydrogens is 320 g/mol. The summed E-state index contributed by atoms with van der Waals surface area (Å²) in [6.45, 7) is 0. The van der Waals surface area contributed by atoms with Gasteiger partial charge in [-0.05, 0) is 42.7 Å². The zero-order valence-corrected chi connectivity index (χ0v) is 14.4. The lowest BCUT2D eigenvalue weighted by molar-refractivity contribution is 0.103. The van der Waals surface area contributed by atoms with Gasteiger partial charge >= 0.3 is 0 Å². The molecular formula is C20H16OS2. The van der Waals surface area contributed by atoms with E-state index in [2.05, 4.69) is 30.5 Å². The minimum absolute atomic E-state index is 0.0643. The molecule has 0 unspecified atom stereocenters. The number of carbonyl (C=O) groups is 1. The summed E-state index contributed by atoms with van der Waals surface area (Å²) < 4.78 is 0. The molecule has 0 saturated heterocycles. The molecule has 1 nitrogen and oxygen atoms in total. The lowest BCUT2D eigenvalue weighted by Crippen LogP contribution is -2.02. The summed E-state index contributed by atoms with van der Waals surface area (Å²) in [6.07, 6.45) is 2.07. The van der Waals surface area contributed by atoms with Crippen LogP contribution in [0.15, 0.2) is 93.5 Å². The fourth-order valence-electron chi connectivity index (χ4n) is 2.26. The highest BCUT2D eigenvalue weighted by Gasteiger charge is 2.13. The second-order valence-electron chi connectivity index (χ2n) is 4.97. The van der Waals surface area contributed by atoms with Crippen molar-refractivity contribution in [2.75, 3.05) is 6.26 Å². The van der Waals surface area contributed by atoms with E-state index < -0.39 is 0 Å². The van der Waals surface area contributed by atoms with E-state index in [1.54, 1.807) is 23.5 Å². The van der Waals surface area contributed by atoms with Crippen molar-refractivity contribution in [1.82, 2.24) is 0 Å². The third-order valence-electron chi connectivity index (χ3n) is 3.45. The number of ketones is 1. The Kier molecular flexibility index (Phi) is 5.21. The molecule has 0 amide bonds. The van der Waals surface area contributed by atoms with Gasteiger partial charge in [0.25, 0.3) is 0 Å². The Bertz CT molecular complexity index is 795. The first-order valence-corrected chi connectivity index (χ1v) is 9.33. The van der Waals surface area contributed by atoms with Crippen molar-refractivity contribution in [1.29, 1.82) is 0 Å². The van der Waals surface area contributed by atoms with E-state index in [1.807, 2.05) is 54.6 Å². The van der Waals surface area contributed by atoms with Crippen LogP contribution in [0.4, 0.5) is 0 Å². The van der Waals surface area contributed by atoms with Crippen LogP contribution in [0.3, 0.4) is 0 Å². The van der Waals surface area contributed by atoms with Gasteiger partial charge < -0.3 is 0 Å². The average Bonchev–Trinajstić information content (AvgIpc) is 2.63. The van der Waals surface area contributed by atoms with Gasteiger partial charge in [0, 0.05) is 25.8 Å². The lowest BCUT2D eigenvalue weighted by Gasteiger charge is -2.09. The summed E-state index contributed by atoms with van der Waals surface area (Å²) in [5.74, 6) is 0.0643. The molecule has 0 aliphatic heterocycles. The van der Waals surface area contributed by atoms with Gasteiger partial charge in [-0.1, -0.05) is 54.2 Å². The van der Waals surface area contributed by atoms with Crippen LogP contribution in [0.25, 0.3) is 0 Å². The van der Waals surface area contributed by atoms with Crippen molar-refractivity contribution < 1.29 is 4.79 Å². The fraction of sp³-hybridized carbons (Fsp3) is 0.0500. The van der Waals surface area contributed by atoms with Gasteiger partial charge in [-0.3, -0.25) is 4.79 Å². The molecule has 0 aliphatic rings. The molecule has 0 aromatic heterocycles. The third kappa shape index (κ3) is 3.87. The summed E-state index contributed by atoms with van der Waals surface area (Å²) in [7, 11) is 0. The highest BCUT2D eigenvalue weighted by atomic mass is 32.2. The SMILES string of the molecule is CSc1ccc(Sc2ccccc2C(=O)c2ccccc2)cc1. The maximum atomic E-state index is 12.7. The van der Waals surface area contributed by atoms with Crippen molar-refractivity contribution in [3.8, 4) is 0 Å². The maximum absolute atomic E-state index is 12.7. The van der Waals surface area contributed by atoms with E-state index >= 15 is 0 Å². The molecule has 0 atom stereocenters. The smallest absolute Gasteiger partial charge is 0.194 e. The van der Waals surface area contributed by atoms with Crippen molar-refractivity contribution in [3.63, 3.8) is 0 Å². The molecule has 3 heteroatoms. The van der Waals surface area contributed by atoms with Crippen LogP contribution >= 0.6 is 23.5 Å². The highest BCUT2D eigenvalue weighted by molar-refractivity contribution is 7.99. The van der Waals surface area contributed by atoms with Crippen molar-refractivity contribution in [3.05, 3.63) is 90.0 Å². The summed E-state index contributed by atoms with van der Waals surface area (Å²) in [4.78, 5) is 16.1. The first-order chi connectivity index (χ1) is 11.3. The summed E-state index contributed by atoms with van der Waals surface area (Å²) in [5, 5.41) is 0. The lowest BCUT2D eigenvalue weighted by atomic mass is 10.0. The van der Waals surface area contributed by atoms with E-state index in [0.717, 1.165) is 20.9 Å². The van der Waals surface area contributed by atoms with Gasteiger partial charge in [0.2, 0.25) is 0 Å². The van der Waals surface area contributed by atoms with Gasteiger partial charge in [0.15, 0.2) is 5.78 Å². The molecule has 0 saturated carbocycles. The predicted octanol–water partition coefficient (Wildman–Crippen LogP) is 5.79. The molecule has 0 bridgehead atoms. The zero-order chi connectivity index (χ0) is 16.1. The number of hydrogen-bond acceptors (Lipinski definition) is 3. The molecule has 0 N–H and O–H groups in total. The molecule has 0 radical (unpaired) electrons. The second-order valence-corrected chi connectivity index (χ2v) is 6.96. The Balaban J connectivity index is 1.90. The number of carbonyl (C=O) groups excluding carboxylic acids is 1. The Morgan fingerprint density at radius 3 is 2.04 bits per heavy atom. The minimum atomic E-state index is 0.0643. The molecule has 3 aromatic carbocycles. The minimum Gasteiger partial charge on any atom is -0.289 e. The van der Waals surface area contributed by atoms with Gasteiger partial charge in [-0.2, -0.15) is 0 Å². The van der Waals surface area contributed by atoms with Crippen LogP contribution in [0.1, 0.15) is 15.9 Å². The number of hydrogen-bond donors (Lipinski definition) is 0. The molecule has 3 aromatic rings. The van der Waals surface area contributed by atoms with Gasteiger partial charge in [-0.15, -0.1) is 11.8 Å². The van der Waals surface area contributed by atoms with E-state index in [1.165, 1.54) is 4.90 Å². The fourth-order valence-corrected chi connectivity index (χ4v) is 3.61. The molecule has 0 spiro atoms. The van der Waals surface area contributed by atoms with Crippen LogP contribution in [-0.4, -0.2) is 12.0 Å². The van der Waals surface area contributed by atoms with Crippen LogP contribution in [-0.2, 0) is 0 Å². The van der Waals surface area contributed by atoms with Crippen LogP contribution in [0.2, 0.25) is 0 Å². The topological polar surface area (TPSA) is 17.1 Å². The largest absolute Gasteiger partial charge is 0.289 e. The monoisotopic (exact) mass is 336 g/mol. The second kappa shape index (κ2) is 7.53. The third-order valence-corrected chi connectivity index (χ3v) is 5.28. The normalized spacial score (nSPS) is 10.5. The van der Waals surface area contributed by atoms with Crippen molar-refractivity contribution in [2.45, 2.75) is 14.7 Å². The number of thioether (sulfide) groups is 1. The summed E-state index contributed by atoms with van der Waals surface area (Å²) >= 11 is 3.35. The Labute approximate surface area is 145 Å². The molecule has 0 aliphatic carbocycles. The van der Waals surface area contributed by atoms with Gasteiger partial charge in [0.05, 0.1) is 0 Å². The van der Waals surface area contributed by atoms with E-state index in [4.69, 9.17) is 0 Å². The van der Waals surface area contributed by atoms with E-state index in [-0.39, 0.29) is 5.78 Å². The molecule has 114 valence electrons. The van der Waals surface area contributed by atoms with Gasteiger partial charge in [0.1, 0.15) is 0 Å². The average molecular weight is 336 g/mol. The number of benzene rings is 3. The predicted molar refractivity (Wildman–Crippen MR) is 98.7 cm³/mol. The zero-order valence-electron chi connectivity index (χ0n) is 12.7. The summed E-state index contributed by atoms with van der Waals surface area (Å²) in [6, 6.07) is 25.6. The Morgan fingerprint density at radius 2 is 1.35 bits per heavy atom. The van der Waals surface area contributed by atoms with Crippen LogP contribution in [0, 0.1) is 0 Å². The molecule has 0 fully saturated rings. The van der Waals surface area contributed by atoms with Gasteiger partial charge in [-0.25, -0.2) is 0 Å². The van der Waals surface area contributed by atoms with Crippen molar-refractivity contribution in [2.24, 2.45) is 0 Å². The summed E-state index contributed by atoms with van der Waals surface area (Å²) in [5.41, 5.74) is 1.47. The quantitative estimate of drug-likeness (QED) is 0.433. The standard InChI is InChI=1S/C20H16OS2/c1-22-16-11-13-17(14-12-16)23-19-10-6-5-9-18(19)20(21)15-7-3-2-4-8-15/h2-14H,1H3. The first-order valence-electron chi connectivity index (χ1n) is 7.28.